The molecule has 0 radical (unpaired) electrons. The topological polar surface area (TPSA) is 44.8 Å². The van der Waals surface area contributed by atoms with Crippen LogP contribution in [0, 0.1) is 6.92 Å². The van der Waals surface area contributed by atoms with Crippen LogP contribution in [-0.2, 0) is 10.2 Å². The first kappa shape index (κ1) is 23.5. The largest absolute Gasteiger partial charge is 0.493 e. The molecule has 0 saturated carbocycles. The van der Waals surface area contributed by atoms with Crippen LogP contribution in [0.3, 0.4) is 0 Å². The Kier molecular flexibility index (Phi) is 8.52. The number of unbranched alkanes of at least 4 members (excludes halogenated alkanes) is 2. The summed E-state index contributed by atoms with van der Waals surface area (Å²) in [5, 5.41) is 0. The Hall–Kier alpha value is -2.75. The van der Waals surface area contributed by atoms with Crippen LogP contribution in [0.15, 0.2) is 42.5 Å². The molecule has 0 aliphatic heterocycles. The molecule has 2 aromatic rings. The lowest BCUT2D eigenvalue weighted by atomic mass is 9.85. The third-order valence-corrected chi connectivity index (χ3v) is 4.76. The van der Waals surface area contributed by atoms with Gasteiger partial charge in [-0.2, -0.15) is 0 Å². The number of ether oxygens (including phenoxy) is 3. The molecule has 0 fully saturated rings. The third-order valence-electron chi connectivity index (χ3n) is 4.76. The zero-order chi connectivity index (χ0) is 22.1. The molecule has 4 heteroatoms. The Morgan fingerprint density at radius 1 is 1.00 bits per heavy atom. The molecule has 2 rings (SSSR count). The lowest BCUT2D eigenvalue weighted by Crippen LogP contribution is -2.15. The number of rotatable bonds is 9. The molecule has 0 N–H and O–H groups in total. The van der Waals surface area contributed by atoms with Crippen molar-refractivity contribution in [2.45, 2.75) is 59.3 Å². The zero-order valence-electron chi connectivity index (χ0n) is 19.1. The number of hydrogen-bond acceptors (Lipinski definition) is 4. The van der Waals surface area contributed by atoms with Crippen LogP contribution >= 0.6 is 0 Å². The van der Waals surface area contributed by atoms with E-state index in [9.17, 15) is 4.79 Å². The highest BCUT2D eigenvalue weighted by Crippen LogP contribution is 2.32. The summed E-state index contributed by atoms with van der Waals surface area (Å²) >= 11 is 0. The molecular formula is C26H34O4. The van der Waals surface area contributed by atoms with E-state index in [1.807, 2.05) is 37.3 Å². The second kappa shape index (κ2) is 10.9. The Balaban J connectivity index is 2.08. The number of hydrogen-bond donors (Lipinski definition) is 0. The minimum Gasteiger partial charge on any atom is -0.493 e. The first-order chi connectivity index (χ1) is 14.2. The monoisotopic (exact) mass is 410 g/mol. The fourth-order valence-corrected chi connectivity index (χ4v) is 3.07. The Morgan fingerprint density at radius 3 is 2.40 bits per heavy atom. The van der Waals surface area contributed by atoms with E-state index in [4.69, 9.17) is 14.2 Å². The van der Waals surface area contributed by atoms with Crippen molar-refractivity contribution in [1.29, 1.82) is 0 Å². The summed E-state index contributed by atoms with van der Waals surface area (Å²) < 4.78 is 16.9. The summed E-state index contributed by atoms with van der Waals surface area (Å²) in [5.41, 5.74) is 2.87. The Bertz CT molecular complexity index is 875. The minimum absolute atomic E-state index is 0.119. The van der Waals surface area contributed by atoms with Crippen LogP contribution in [0.2, 0.25) is 0 Å². The van der Waals surface area contributed by atoms with Gasteiger partial charge < -0.3 is 14.2 Å². The van der Waals surface area contributed by atoms with Gasteiger partial charge in [-0.05, 0) is 48.6 Å². The maximum atomic E-state index is 12.4. The van der Waals surface area contributed by atoms with Gasteiger partial charge in [-0.15, -0.1) is 0 Å². The van der Waals surface area contributed by atoms with Crippen molar-refractivity contribution >= 4 is 12.0 Å². The van der Waals surface area contributed by atoms with E-state index >= 15 is 0 Å². The lowest BCUT2D eigenvalue weighted by molar-refractivity contribution is -0.129. The van der Waals surface area contributed by atoms with Crippen molar-refractivity contribution in [3.63, 3.8) is 0 Å². The molecule has 0 atom stereocenters. The van der Waals surface area contributed by atoms with E-state index in [1.54, 1.807) is 13.2 Å². The predicted molar refractivity (Wildman–Crippen MR) is 123 cm³/mol. The van der Waals surface area contributed by atoms with Gasteiger partial charge in [-0.1, -0.05) is 64.3 Å². The van der Waals surface area contributed by atoms with Crippen LogP contribution in [0.4, 0.5) is 0 Å². The Labute approximate surface area is 180 Å². The molecule has 0 heterocycles. The van der Waals surface area contributed by atoms with Crippen molar-refractivity contribution in [2.75, 3.05) is 13.7 Å². The molecule has 0 aromatic heterocycles. The van der Waals surface area contributed by atoms with Crippen molar-refractivity contribution in [3.05, 3.63) is 59.2 Å². The number of carbonyl (C=O) groups is 1. The number of benzene rings is 2. The van der Waals surface area contributed by atoms with Crippen LogP contribution in [0.5, 0.6) is 17.2 Å². The number of esters is 1. The van der Waals surface area contributed by atoms with Gasteiger partial charge in [0.05, 0.1) is 13.7 Å². The second-order valence-electron chi connectivity index (χ2n) is 8.47. The van der Waals surface area contributed by atoms with E-state index in [1.165, 1.54) is 6.08 Å². The van der Waals surface area contributed by atoms with Crippen LogP contribution in [0.25, 0.3) is 6.08 Å². The van der Waals surface area contributed by atoms with Gasteiger partial charge in [0, 0.05) is 11.6 Å². The first-order valence-electron chi connectivity index (χ1n) is 10.6. The van der Waals surface area contributed by atoms with Crippen LogP contribution in [-0.4, -0.2) is 19.7 Å². The lowest BCUT2D eigenvalue weighted by Gasteiger charge is -2.22. The fraction of sp³-hybridized carbons (Fsp3) is 0.423. The average Bonchev–Trinajstić information content (AvgIpc) is 2.70. The maximum Gasteiger partial charge on any atom is 0.336 e. The van der Waals surface area contributed by atoms with Gasteiger partial charge in [0.15, 0.2) is 11.5 Å². The molecule has 0 unspecified atom stereocenters. The molecule has 0 amide bonds. The predicted octanol–water partition coefficient (Wildman–Crippen LogP) is 6.49. The normalized spacial score (nSPS) is 11.5. The maximum absolute atomic E-state index is 12.4. The summed E-state index contributed by atoms with van der Waals surface area (Å²) in [6.45, 7) is 11.2. The van der Waals surface area contributed by atoms with Gasteiger partial charge in [0.1, 0.15) is 5.75 Å². The number of methoxy groups -OCH3 is 1. The Morgan fingerprint density at radius 2 is 1.73 bits per heavy atom. The molecule has 0 saturated heterocycles. The molecule has 4 nitrogen and oxygen atoms in total. The second-order valence-corrected chi connectivity index (χ2v) is 8.47. The average molecular weight is 411 g/mol. The van der Waals surface area contributed by atoms with Crippen molar-refractivity contribution < 1.29 is 19.0 Å². The molecule has 162 valence electrons. The summed E-state index contributed by atoms with van der Waals surface area (Å²) in [5.74, 6) is 1.54. The van der Waals surface area contributed by atoms with Crippen molar-refractivity contribution in [3.8, 4) is 17.2 Å². The zero-order valence-corrected chi connectivity index (χ0v) is 19.1. The van der Waals surface area contributed by atoms with Crippen molar-refractivity contribution in [2.24, 2.45) is 0 Å². The minimum atomic E-state index is -0.414. The molecule has 0 aliphatic rings. The molecule has 0 spiro atoms. The first-order valence-corrected chi connectivity index (χ1v) is 10.6. The van der Waals surface area contributed by atoms with E-state index in [2.05, 4.69) is 33.8 Å². The van der Waals surface area contributed by atoms with Gasteiger partial charge in [-0.25, -0.2) is 4.79 Å². The van der Waals surface area contributed by atoms with Gasteiger partial charge in [-0.3, -0.25) is 0 Å². The van der Waals surface area contributed by atoms with Crippen molar-refractivity contribution in [1.82, 2.24) is 0 Å². The summed E-state index contributed by atoms with van der Waals surface area (Å²) in [6, 6.07) is 11.5. The van der Waals surface area contributed by atoms with E-state index in [-0.39, 0.29) is 5.41 Å². The summed E-state index contributed by atoms with van der Waals surface area (Å²) in [7, 11) is 1.61. The molecule has 2 aromatic carbocycles. The van der Waals surface area contributed by atoms with Gasteiger partial charge in [0.25, 0.3) is 0 Å². The smallest absolute Gasteiger partial charge is 0.336 e. The van der Waals surface area contributed by atoms with E-state index < -0.39 is 5.97 Å². The third kappa shape index (κ3) is 6.94. The van der Waals surface area contributed by atoms with Crippen LogP contribution < -0.4 is 14.2 Å². The molecular weight excluding hydrogens is 376 g/mol. The highest BCUT2D eigenvalue weighted by molar-refractivity contribution is 5.89. The standard InChI is InChI=1S/C26H34O4/c1-7-8-9-16-29-23-14-11-20(18-24(23)28-6)12-15-25(27)30-22-13-10-19(2)17-21(22)26(3,4)5/h10-15,17-18H,7-9,16H2,1-6H3/b15-12+. The summed E-state index contributed by atoms with van der Waals surface area (Å²) in [4.78, 5) is 12.4. The summed E-state index contributed by atoms with van der Waals surface area (Å²) in [6.07, 6.45) is 6.46. The van der Waals surface area contributed by atoms with E-state index in [0.29, 0.717) is 23.9 Å². The van der Waals surface area contributed by atoms with Crippen LogP contribution in [0.1, 0.15) is 63.6 Å². The van der Waals surface area contributed by atoms with Gasteiger partial charge in [0.2, 0.25) is 0 Å². The number of aryl methyl sites for hydroxylation is 1. The highest BCUT2D eigenvalue weighted by atomic mass is 16.5. The fourth-order valence-electron chi connectivity index (χ4n) is 3.07. The SMILES string of the molecule is CCCCCOc1ccc(/C=C/C(=O)Oc2ccc(C)cc2C(C)(C)C)cc1OC. The number of carbonyl (C=O) groups excluding carboxylic acids is 1. The quantitative estimate of drug-likeness (QED) is 0.205. The molecule has 0 bridgehead atoms. The van der Waals surface area contributed by atoms with Gasteiger partial charge >= 0.3 is 5.97 Å². The molecule has 30 heavy (non-hydrogen) atoms. The molecule has 0 aliphatic carbocycles. The van der Waals surface area contributed by atoms with E-state index in [0.717, 1.165) is 36.0 Å². The highest BCUT2D eigenvalue weighted by Gasteiger charge is 2.20.